The lowest BCUT2D eigenvalue weighted by atomic mass is 10.1. The van der Waals surface area contributed by atoms with Crippen LogP contribution in [0.2, 0.25) is 0 Å². The highest BCUT2D eigenvalue weighted by molar-refractivity contribution is 5.81. The molecule has 4 N–H and O–H groups in total. The first-order chi connectivity index (χ1) is 11.2. The third-order valence-corrected chi connectivity index (χ3v) is 2.96. The highest BCUT2D eigenvalue weighted by Gasteiger charge is 2.16. The van der Waals surface area contributed by atoms with E-state index in [4.69, 9.17) is 10.2 Å². The van der Waals surface area contributed by atoms with E-state index in [-0.39, 0.29) is 18.2 Å². The highest BCUT2D eigenvalue weighted by atomic mass is 16.4. The number of hydrogen-bond acceptors (Lipinski definition) is 4. The van der Waals surface area contributed by atoms with E-state index in [9.17, 15) is 19.2 Å². The molecule has 2 amide bonds. The minimum atomic E-state index is -0.960. The fourth-order valence-corrected chi connectivity index (χ4v) is 1.75. The molecule has 0 bridgehead atoms. The van der Waals surface area contributed by atoms with Crippen LogP contribution in [-0.4, -0.2) is 46.6 Å². The third kappa shape index (κ3) is 19.9. The second-order valence-electron chi connectivity index (χ2n) is 5.42. The molecule has 0 radical (unpaired) electrons. The van der Waals surface area contributed by atoms with Crippen molar-refractivity contribution in [3.63, 3.8) is 0 Å². The minimum Gasteiger partial charge on any atom is -0.481 e. The number of rotatable bonds is 11. The Labute approximate surface area is 143 Å². The molecule has 0 aliphatic heterocycles. The average Bonchev–Trinajstić information content (AvgIpc) is 2.46. The molecule has 8 heteroatoms. The van der Waals surface area contributed by atoms with E-state index in [2.05, 4.69) is 10.6 Å². The lowest BCUT2D eigenvalue weighted by molar-refractivity contribution is -0.141. The Morgan fingerprint density at radius 2 is 1.54 bits per heavy atom. The van der Waals surface area contributed by atoms with Gasteiger partial charge >= 0.3 is 11.9 Å². The zero-order chi connectivity index (χ0) is 19.0. The summed E-state index contributed by atoms with van der Waals surface area (Å²) in [6, 6.07) is -0.720. The van der Waals surface area contributed by atoms with E-state index in [1.807, 2.05) is 6.92 Å². The summed E-state index contributed by atoms with van der Waals surface area (Å²) in [6.45, 7) is 5.42. The molecule has 0 aromatic rings. The van der Waals surface area contributed by atoms with Crippen LogP contribution in [0, 0.1) is 0 Å². The zero-order valence-corrected chi connectivity index (χ0v) is 14.8. The van der Waals surface area contributed by atoms with Gasteiger partial charge in [0.15, 0.2) is 0 Å². The number of hydrogen-bond donors (Lipinski definition) is 4. The zero-order valence-electron chi connectivity index (χ0n) is 14.8. The van der Waals surface area contributed by atoms with Crippen molar-refractivity contribution in [3.8, 4) is 0 Å². The Hall–Kier alpha value is -2.12. The number of nitrogens with one attached hydrogen (secondary N) is 2. The van der Waals surface area contributed by atoms with Gasteiger partial charge in [0.05, 0.1) is 0 Å². The fraction of sp³-hybridized carbons (Fsp3) is 0.750. The van der Waals surface area contributed by atoms with Crippen molar-refractivity contribution in [2.24, 2.45) is 0 Å². The van der Waals surface area contributed by atoms with Gasteiger partial charge in [-0.1, -0.05) is 26.2 Å². The molecule has 0 saturated heterocycles. The number of amides is 2. The summed E-state index contributed by atoms with van der Waals surface area (Å²) in [6.07, 6.45) is 4.88. The quantitative estimate of drug-likeness (QED) is 0.419. The predicted octanol–water partition coefficient (Wildman–Crippen LogP) is 1.53. The first-order valence-electron chi connectivity index (χ1n) is 8.16. The van der Waals surface area contributed by atoms with Crippen molar-refractivity contribution in [2.75, 3.05) is 6.54 Å². The molecule has 0 rings (SSSR count). The molecule has 0 spiro atoms. The van der Waals surface area contributed by atoms with E-state index < -0.39 is 18.0 Å². The molecule has 0 fully saturated rings. The Bertz CT molecular complexity index is 380. The van der Waals surface area contributed by atoms with Gasteiger partial charge < -0.3 is 20.8 Å². The van der Waals surface area contributed by atoms with Crippen LogP contribution in [0.3, 0.4) is 0 Å². The van der Waals surface area contributed by atoms with Crippen LogP contribution < -0.4 is 10.6 Å². The maximum absolute atomic E-state index is 10.5. The number of carbonyl (C=O) groups excluding carboxylic acids is 2. The molecule has 0 heterocycles. The first-order valence-corrected chi connectivity index (χ1v) is 8.16. The Morgan fingerprint density at radius 3 is 1.96 bits per heavy atom. The Morgan fingerprint density at radius 1 is 0.917 bits per heavy atom. The van der Waals surface area contributed by atoms with Gasteiger partial charge in [-0.15, -0.1) is 0 Å². The van der Waals surface area contributed by atoms with Crippen molar-refractivity contribution in [1.29, 1.82) is 0 Å². The van der Waals surface area contributed by atoms with E-state index >= 15 is 0 Å². The van der Waals surface area contributed by atoms with Gasteiger partial charge in [0.2, 0.25) is 11.8 Å². The Kier molecular flexibility index (Phi) is 15.9. The van der Waals surface area contributed by atoms with Crippen molar-refractivity contribution < 1.29 is 29.4 Å². The van der Waals surface area contributed by atoms with Crippen LogP contribution in [0.15, 0.2) is 0 Å². The predicted molar refractivity (Wildman–Crippen MR) is 89.6 cm³/mol. The summed E-state index contributed by atoms with van der Waals surface area (Å²) in [5.41, 5.74) is 0. The molecule has 140 valence electrons. The third-order valence-electron chi connectivity index (χ3n) is 2.96. The van der Waals surface area contributed by atoms with Crippen molar-refractivity contribution >= 4 is 23.8 Å². The SMILES string of the molecule is CC(=O)NCCCCCC(=O)O.CCCCC(NC(C)=O)C(=O)O. The highest BCUT2D eigenvalue weighted by Crippen LogP contribution is 2.00. The molecule has 0 aromatic carbocycles. The molecule has 1 unspecified atom stereocenters. The summed E-state index contributed by atoms with van der Waals surface area (Å²) < 4.78 is 0. The van der Waals surface area contributed by atoms with Crippen molar-refractivity contribution in [2.45, 2.75) is 71.8 Å². The van der Waals surface area contributed by atoms with Crippen LogP contribution in [0.1, 0.15) is 65.7 Å². The maximum atomic E-state index is 10.5. The van der Waals surface area contributed by atoms with Gasteiger partial charge in [0, 0.05) is 26.8 Å². The number of carboxylic acid groups (broad SMARTS) is 2. The largest absolute Gasteiger partial charge is 0.481 e. The van der Waals surface area contributed by atoms with E-state index in [0.717, 1.165) is 25.7 Å². The number of aliphatic carboxylic acids is 2. The van der Waals surface area contributed by atoms with Gasteiger partial charge in [-0.25, -0.2) is 4.79 Å². The van der Waals surface area contributed by atoms with Crippen LogP contribution >= 0.6 is 0 Å². The van der Waals surface area contributed by atoms with E-state index in [1.165, 1.54) is 13.8 Å². The van der Waals surface area contributed by atoms with E-state index in [0.29, 0.717) is 19.4 Å². The minimum absolute atomic E-state index is 0.0340. The number of carboxylic acids is 2. The van der Waals surface area contributed by atoms with Crippen LogP contribution in [0.5, 0.6) is 0 Å². The van der Waals surface area contributed by atoms with Gasteiger partial charge in [-0.3, -0.25) is 14.4 Å². The summed E-state index contributed by atoms with van der Waals surface area (Å²) in [5.74, 6) is -2.04. The Balaban J connectivity index is 0. The molecule has 8 nitrogen and oxygen atoms in total. The molecule has 0 aliphatic rings. The summed E-state index contributed by atoms with van der Waals surface area (Å²) in [7, 11) is 0. The smallest absolute Gasteiger partial charge is 0.326 e. The van der Waals surface area contributed by atoms with Gasteiger partial charge in [0.1, 0.15) is 6.04 Å². The normalized spacial score (nSPS) is 10.8. The lowest BCUT2D eigenvalue weighted by Crippen LogP contribution is -2.39. The number of carbonyl (C=O) groups is 4. The van der Waals surface area contributed by atoms with Crippen LogP contribution in [0.25, 0.3) is 0 Å². The lowest BCUT2D eigenvalue weighted by Gasteiger charge is -2.11. The molecule has 0 saturated carbocycles. The number of unbranched alkanes of at least 4 members (excludes halogenated alkanes) is 3. The van der Waals surface area contributed by atoms with Gasteiger partial charge in [0.25, 0.3) is 0 Å². The molecule has 24 heavy (non-hydrogen) atoms. The second kappa shape index (κ2) is 15.8. The van der Waals surface area contributed by atoms with Gasteiger partial charge in [-0.2, -0.15) is 0 Å². The fourth-order valence-electron chi connectivity index (χ4n) is 1.75. The standard InChI is InChI=1S/2C8H15NO3/c1-7(10)9-6-4-2-3-5-8(11)12;1-3-4-5-7(8(11)12)9-6(2)10/h2-6H2,1H3,(H,9,10)(H,11,12);7H,3-5H2,1-2H3,(H,9,10)(H,11,12). The average molecular weight is 346 g/mol. The second-order valence-corrected chi connectivity index (χ2v) is 5.42. The maximum Gasteiger partial charge on any atom is 0.326 e. The summed E-state index contributed by atoms with van der Waals surface area (Å²) in [4.78, 5) is 41.5. The molecule has 0 aliphatic carbocycles. The molecular formula is C16H30N2O6. The topological polar surface area (TPSA) is 133 Å². The molecule has 0 aromatic heterocycles. The molecule has 1 atom stereocenters. The summed E-state index contributed by atoms with van der Waals surface area (Å²) >= 11 is 0. The van der Waals surface area contributed by atoms with E-state index in [1.54, 1.807) is 0 Å². The van der Waals surface area contributed by atoms with Crippen LogP contribution in [-0.2, 0) is 19.2 Å². The first kappa shape index (κ1) is 24.1. The summed E-state index contributed by atoms with van der Waals surface area (Å²) in [5, 5.41) is 21.9. The monoisotopic (exact) mass is 346 g/mol. The van der Waals surface area contributed by atoms with Crippen molar-refractivity contribution in [1.82, 2.24) is 10.6 Å². The van der Waals surface area contributed by atoms with Crippen molar-refractivity contribution in [3.05, 3.63) is 0 Å². The van der Waals surface area contributed by atoms with Gasteiger partial charge in [-0.05, 0) is 19.3 Å². The molecular weight excluding hydrogens is 316 g/mol. The van der Waals surface area contributed by atoms with Crippen LogP contribution in [0.4, 0.5) is 0 Å².